The van der Waals surface area contributed by atoms with Gasteiger partial charge in [0, 0.05) is 25.5 Å². The lowest BCUT2D eigenvalue weighted by molar-refractivity contribution is 0.135. The first-order valence-corrected chi connectivity index (χ1v) is 6.73. The van der Waals surface area contributed by atoms with Gasteiger partial charge in [-0.15, -0.1) is 0 Å². The number of nitrogens with zero attached hydrogens (tertiary/aromatic N) is 2. The van der Waals surface area contributed by atoms with E-state index in [2.05, 4.69) is 35.2 Å². The minimum absolute atomic E-state index is 0.241. The maximum absolute atomic E-state index is 5.88. The van der Waals surface area contributed by atoms with Crippen molar-refractivity contribution < 1.29 is 4.74 Å². The second kappa shape index (κ2) is 6.50. The molecule has 1 aromatic rings. The van der Waals surface area contributed by atoms with Crippen LogP contribution in [0, 0.1) is 0 Å². The molecular weight excluding hydrogens is 226 g/mol. The third kappa shape index (κ3) is 3.07. The summed E-state index contributed by atoms with van der Waals surface area (Å²) in [6, 6.07) is 0. The lowest BCUT2D eigenvalue weighted by atomic mass is 10.1. The van der Waals surface area contributed by atoms with Crippen LogP contribution >= 0.6 is 0 Å². The molecule has 0 radical (unpaired) electrons. The highest BCUT2D eigenvalue weighted by atomic mass is 16.5. The highest BCUT2D eigenvalue weighted by Gasteiger charge is 2.21. The van der Waals surface area contributed by atoms with Crippen molar-refractivity contribution in [3.05, 3.63) is 24.2 Å². The van der Waals surface area contributed by atoms with E-state index in [-0.39, 0.29) is 6.10 Å². The average Bonchev–Trinajstić information content (AvgIpc) is 2.34. The second-order valence-corrected chi connectivity index (χ2v) is 4.50. The summed E-state index contributed by atoms with van der Waals surface area (Å²) < 4.78 is 5.88. The maximum atomic E-state index is 5.88. The maximum Gasteiger partial charge on any atom is 0.240 e. The lowest BCUT2D eigenvalue weighted by Gasteiger charge is -2.27. The zero-order valence-electron chi connectivity index (χ0n) is 11.1. The van der Waals surface area contributed by atoms with Crippen molar-refractivity contribution in [2.75, 3.05) is 13.1 Å². The van der Waals surface area contributed by atoms with Crippen molar-refractivity contribution in [2.24, 2.45) is 0 Å². The molecule has 1 fully saturated rings. The van der Waals surface area contributed by atoms with Crippen LogP contribution in [-0.4, -0.2) is 29.2 Å². The third-order valence-corrected chi connectivity index (χ3v) is 2.96. The van der Waals surface area contributed by atoms with Crippen molar-refractivity contribution in [1.82, 2.24) is 15.3 Å². The molecule has 0 aliphatic carbocycles. The highest BCUT2D eigenvalue weighted by Crippen LogP contribution is 2.26. The number of rotatable bonds is 6. The fraction of sp³-hybridized carbons (Fsp3) is 0.571. The van der Waals surface area contributed by atoms with Crippen LogP contribution in [0.4, 0.5) is 0 Å². The molecule has 1 saturated heterocycles. The van der Waals surface area contributed by atoms with Crippen LogP contribution in [0.3, 0.4) is 0 Å². The number of hydrogen-bond acceptors (Lipinski definition) is 4. The monoisotopic (exact) mass is 247 g/mol. The molecule has 98 valence electrons. The van der Waals surface area contributed by atoms with Crippen molar-refractivity contribution in [3.63, 3.8) is 0 Å². The summed E-state index contributed by atoms with van der Waals surface area (Å²) in [6.45, 7) is 6.12. The largest absolute Gasteiger partial charge is 0.470 e. The van der Waals surface area contributed by atoms with E-state index in [1.54, 1.807) is 12.4 Å². The molecule has 2 rings (SSSR count). The van der Waals surface area contributed by atoms with E-state index in [0.29, 0.717) is 5.88 Å². The van der Waals surface area contributed by atoms with Gasteiger partial charge in [0.1, 0.15) is 11.8 Å². The van der Waals surface area contributed by atoms with E-state index in [0.717, 1.165) is 38.0 Å². The molecule has 0 bridgehead atoms. The van der Waals surface area contributed by atoms with Crippen LogP contribution < -0.4 is 10.1 Å². The standard InChI is InChI=1S/C14H21N3O/c1-3-5-11(6-4-2)13-14(17-8-7-16-13)18-12-9-15-10-12/h5,7-8,12,15H,3-4,6,9-10H2,1-2H3. The quantitative estimate of drug-likeness (QED) is 0.838. The van der Waals surface area contributed by atoms with Gasteiger partial charge >= 0.3 is 0 Å². The van der Waals surface area contributed by atoms with Crippen LogP contribution in [-0.2, 0) is 0 Å². The van der Waals surface area contributed by atoms with Crippen LogP contribution in [0.25, 0.3) is 5.57 Å². The van der Waals surface area contributed by atoms with Crippen LogP contribution in [0.5, 0.6) is 5.88 Å². The van der Waals surface area contributed by atoms with Gasteiger partial charge in [0.2, 0.25) is 5.88 Å². The van der Waals surface area contributed by atoms with E-state index >= 15 is 0 Å². The first-order valence-electron chi connectivity index (χ1n) is 6.73. The Balaban J connectivity index is 2.21. The van der Waals surface area contributed by atoms with Crippen LogP contribution in [0.15, 0.2) is 18.5 Å². The average molecular weight is 247 g/mol. The van der Waals surface area contributed by atoms with Gasteiger partial charge in [-0.3, -0.25) is 0 Å². The smallest absolute Gasteiger partial charge is 0.240 e. The second-order valence-electron chi connectivity index (χ2n) is 4.50. The zero-order chi connectivity index (χ0) is 12.8. The summed E-state index contributed by atoms with van der Waals surface area (Å²) in [5, 5.41) is 3.19. The molecule has 0 aromatic carbocycles. The molecule has 1 N–H and O–H groups in total. The molecule has 4 heteroatoms. The predicted octanol–water partition coefficient (Wildman–Crippen LogP) is 2.42. The Morgan fingerprint density at radius 3 is 2.78 bits per heavy atom. The van der Waals surface area contributed by atoms with E-state index < -0.39 is 0 Å². The van der Waals surface area contributed by atoms with Crippen LogP contribution in [0.2, 0.25) is 0 Å². The molecule has 2 heterocycles. The molecule has 0 unspecified atom stereocenters. The fourth-order valence-corrected chi connectivity index (χ4v) is 1.97. The van der Waals surface area contributed by atoms with Gasteiger partial charge in [-0.1, -0.05) is 26.3 Å². The Morgan fingerprint density at radius 1 is 1.39 bits per heavy atom. The molecule has 0 atom stereocenters. The first kappa shape index (κ1) is 13.0. The van der Waals surface area contributed by atoms with E-state index in [1.807, 2.05) is 0 Å². The minimum atomic E-state index is 0.241. The SMILES string of the molecule is CCC=C(CCC)c1nccnc1OC1CNC1. The molecule has 1 aliphatic rings. The minimum Gasteiger partial charge on any atom is -0.470 e. The number of hydrogen-bond donors (Lipinski definition) is 1. The Bertz CT molecular complexity index is 413. The Kier molecular flexibility index (Phi) is 4.70. The van der Waals surface area contributed by atoms with Gasteiger partial charge in [-0.25, -0.2) is 9.97 Å². The topological polar surface area (TPSA) is 47.0 Å². The summed E-state index contributed by atoms with van der Waals surface area (Å²) in [5.41, 5.74) is 2.16. The van der Waals surface area contributed by atoms with E-state index in [4.69, 9.17) is 4.74 Å². The predicted molar refractivity (Wildman–Crippen MR) is 72.5 cm³/mol. The van der Waals surface area contributed by atoms with E-state index in [9.17, 15) is 0 Å². The van der Waals surface area contributed by atoms with Crippen molar-refractivity contribution in [1.29, 1.82) is 0 Å². The summed E-state index contributed by atoms with van der Waals surface area (Å²) in [7, 11) is 0. The zero-order valence-corrected chi connectivity index (χ0v) is 11.1. The Morgan fingerprint density at radius 2 is 2.17 bits per heavy atom. The van der Waals surface area contributed by atoms with E-state index in [1.165, 1.54) is 5.57 Å². The molecule has 0 spiro atoms. The first-order chi connectivity index (χ1) is 8.85. The third-order valence-electron chi connectivity index (χ3n) is 2.96. The number of ether oxygens (including phenoxy) is 1. The normalized spacial score (nSPS) is 16.4. The number of nitrogens with one attached hydrogen (secondary N) is 1. The Hall–Kier alpha value is -1.42. The van der Waals surface area contributed by atoms with Gasteiger partial charge in [0.05, 0.1) is 0 Å². The molecule has 0 amide bonds. The lowest BCUT2D eigenvalue weighted by Crippen LogP contribution is -2.50. The summed E-state index contributed by atoms with van der Waals surface area (Å²) in [4.78, 5) is 8.78. The van der Waals surface area contributed by atoms with Gasteiger partial charge in [0.15, 0.2) is 0 Å². The summed E-state index contributed by atoms with van der Waals surface area (Å²) in [5.74, 6) is 0.678. The fourth-order valence-electron chi connectivity index (χ4n) is 1.97. The molecule has 1 aromatic heterocycles. The highest BCUT2D eigenvalue weighted by molar-refractivity contribution is 5.65. The number of allylic oxidation sites excluding steroid dienone is 2. The Labute approximate surface area is 108 Å². The van der Waals surface area contributed by atoms with Crippen molar-refractivity contribution >= 4 is 5.57 Å². The van der Waals surface area contributed by atoms with Gasteiger partial charge < -0.3 is 10.1 Å². The molecule has 1 aliphatic heterocycles. The summed E-state index contributed by atoms with van der Waals surface area (Å²) >= 11 is 0. The van der Waals surface area contributed by atoms with Gasteiger partial charge in [-0.05, 0) is 18.4 Å². The molecular formula is C14H21N3O. The molecule has 0 saturated carbocycles. The van der Waals surface area contributed by atoms with Crippen LogP contribution in [0.1, 0.15) is 38.8 Å². The van der Waals surface area contributed by atoms with Crippen molar-refractivity contribution in [3.8, 4) is 5.88 Å². The van der Waals surface area contributed by atoms with Gasteiger partial charge in [0.25, 0.3) is 0 Å². The summed E-state index contributed by atoms with van der Waals surface area (Å²) in [6.07, 6.45) is 9.03. The van der Waals surface area contributed by atoms with Gasteiger partial charge in [-0.2, -0.15) is 0 Å². The molecule has 4 nitrogen and oxygen atoms in total. The number of aromatic nitrogens is 2. The molecule has 18 heavy (non-hydrogen) atoms. The van der Waals surface area contributed by atoms with Crippen molar-refractivity contribution in [2.45, 2.75) is 39.2 Å².